The van der Waals surface area contributed by atoms with E-state index in [0.29, 0.717) is 4.21 Å². The van der Waals surface area contributed by atoms with Crippen LogP contribution in [0.2, 0.25) is 0 Å². The van der Waals surface area contributed by atoms with Crippen molar-refractivity contribution in [1.82, 2.24) is 9.71 Å². The van der Waals surface area contributed by atoms with Gasteiger partial charge < -0.3 is 0 Å². The highest BCUT2D eigenvalue weighted by molar-refractivity contribution is 7.91. The van der Waals surface area contributed by atoms with Crippen LogP contribution in [0.25, 0.3) is 10.6 Å². The molecule has 4 nitrogen and oxygen atoms in total. The van der Waals surface area contributed by atoms with Crippen LogP contribution in [0.5, 0.6) is 0 Å². The fourth-order valence-electron chi connectivity index (χ4n) is 1.18. The average Bonchev–Trinajstić information content (AvgIpc) is 2.85. The summed E-state index contributed by atoms with van der Waals surface area (Å²) in [5.74, 6) is 0. The van der Waals surface area contributed by atoms with Gasteiger partial charge in [-0.25, -0.2) is 18.1 Å². The molecule has 0 amide bonds. The molecule has 0 atom stereocenters. The zero-order chi connectivity index (χ0) is 11.8. The summed E-state index contributed by atoms with van der Waals surface area (Å²) in [6, 6.07) is 3.38. The van der Waals surface area contributed by atoms with Gasteiger partial charge in [0.05, 0.1) is 15.6 Å². The Hall–Kier alpha value is -0.760. The summed E-state index contributed by atoms with van der Waals surface area (Å²) in [6.07, 6.45) is 0. The number of hydrogen-bond acceptors (Lipinski definition) is 5. The van der Waals surface area contributed by atoms with Crippen LogP contribution in [-0.2, 0) is 10.0 Å². The van der Waals surface area contributed by atoms with E-state index in [-0.39, 0.29) is 0 Å². The Balaban J connectivity index is 2.41. The predicted molar refractivity (Wildman–Crippen MR) is 66.4 cm³/mol. The molecule has 0 bridgehead atoms. The first-order valence-electron chi connectivity index (χ1n) is 4.49. The van der Waals surface area contributed by atoms with Gasteiger partial charge in [0.1, 0.15) is 4.21 Å². The SMILES string of the molecule is CNS(=O)(=O)c1ccc(-c2csc(C)n2)s1. The summed E-state index contributed by atoms with van der Waals surface area (Å²) < 4.78 is 25.7. The first-order chi connectivity index (χ1) is 7.53. The van der Waals surface area contributed by atoms with E-state index in [1.54, 1.807) is 23.5 Å². The van der Waals surface area contributed by atoms with E-state index in [9.17, 15) is 8.42 Å². The van der Waals surface area contributed by atoms with Crippen molar-refractivity contribution in [2.75, 3.05) is 7.05 Å². The molecule has 2 aromatic rings. The molecule has 16 heavy (non-hydrogen) atoms. The van der Waals surface area contributed by atoms with Crippen LogP contribution in [0.1, 0.15) is 5.01 Å². The van der Waals surface area contributed by atoms with Crippen molar-refractivity contribution in [3.05, 3.63) is 22.5 Å². The molecule has 1 N–H and O–H groups in total. The van der Waals surface area contributed by atoms with Crippen LogP contribution in [-0.4, -0.2) is 20.4 Å². The molecule has 0 spiro atoms. The third-order valence-corrected chi connectivity index (χ3v) is 5.77. The summed E-state index contributed by atoms with van der Waals surface area (Å²) >= 11 is 2.78. The van der Waals surface area contributed by atoms with Gasteiger partial charge >= 0.3 is 0 Å². The van der Waals surface area contributed by atoms with Gasteiger partial charge in [-0.2, -0.15) is 0 Å². The van der Waals surface area contributed by atoms with Crippen LogP contribution >= 0.6 is 22.7 Å². The minimum atomic E-state index is -3.33. The second-order valence-corrected chi connectivity index (χ2v) is 7.34. The molecule has 0 radical (unpaired) electrons. The Labute approximate surface area is 102 Å². The van der Waals surface area contributed by atoms with Crippen LogP contribution in [0.3, 0.4) is 0 Å². The van der Waals surface area contributed by atoms with Crippen molar-refractivity contribution in [2.45, 2.75) is 11.1 Å². The van der Waals surface area contributed by atoms with Crippen molar-refractivity contribution in [3.8, 4) is 10.6 Å². The largest absolute Gasteiger partial charge is 0.249 e. The van der Waals surface area contributed by atoms with E-state index in [2.05, 4.69) is 9.71 Å². The highest BCUT2D eigenvalue weighted by Gasteiger charge is 2.15. The monoisotopic (exact) mass is 274 g/mol. The lowest BCUT2D eigenvalue weighted by Crippen LogP contribution is -2.17. The summed E-state index contributed by atoms with van der Waals surface area (Å²) in [7, 11) is -1.93. The summed E-state index contributed by atoms with van der Waals surface area (Å²) in [6.45, 7) is 1.92. The molecule has 0 unspecified atom stereocenters. The predicted octanol–water partition coefficient (Wildman–Crippen LogP) is 2.09. The minimum absolute atomic E-state index is 0.315. The van der Waals surface area contributed by atoms with Gasteiger partial charge in [0.2, 0.25) is 10.0 Å². The van der Waals surface area contributed by atoms with Gasteiger partial charge in [0, 0.05) is 5.38 Å². The third-order valence-electron chi connectivity index (χ3n) is 1.99. The second-order valence-electron chi connectivity index (χ2n) is 3.08. The number of nitrogens with one attached hydrogen (secondary N) is 1. The normalized spacial score (nSPS) is 11.9. The Kier molecular flexibility index (Phi) is 3.11. The number of thiophene rings is 1. The van der Waals surface area contributed by atoms with Gasteiger partial charge in [0.15, 0.2) is 0 Å². The van der Waals surface area contributed by atoms with Crippen molar-refractivity contribution < 1.29 is 8.42 Å². The number of nitrogens with zero attached hydrogens (tertiary/aromatic N) is 1. The van der Waals surface area contributed by atoms with Gasteiger partial charge in [-0.05, 0) is 26.1 Å². The molecular weight excluding hydrogens is 264 g/mol. The summed E-state index contributed by atoms with van der Waals surface area (Å²) in [5, 5.41) is 2.90. The zero-order valence-corrected chi connectivity index (χ0v) is 11.2. The fourth-order valence-corrected chi connectivity index (χ4v) is 3.97. The lowest BCUT2D eigenvalue weighted by atomic mass is 10.4. The fraction of sp³-hybridized carbons (Fsp3) is 0.222. The molecule has 2 aromatic heterocycles. The molecule has 0 fully saturated rings. The Morgan fingerprint density at radius 1 is 1.38 bits per heavy atom. The Morgan fingerprint density at radius 3 is 2.69 bits per heavy atom. The maximum absolute atomic E-state index is 11.5. The topological polar surface area (TPSA) is 59.1 Å². The van der Waals surface area contributed by atoms with E-state index in [1.807, 2.05) is 12.3 Å². The molecule has 0 aromatic carbocycles. The van der Waals surface area contributed by atoms with Gasteiger partial charge in [-0.1, -0.05) is 0 Å². The Morgan fingerprint density at radius 2 is 2.12 bits per heavy atom. The molecule has 2 rings (SSSR count). The maximum Gasteiger partial charge on any atom is 0.249 e. The van der Waals surface area contributed by atoms with Crippen LogP contribution in [0, 0.1) is 6.92 Å². The molecule has 0 saturated carbocycles. The lowest BCUT2D eigenvalue weighted by molar-refractivity contribution is 0.590. The molecule has 86 valence electrons. The van der Waals surface area contributed by atoms with Crippen molar-refractivity contribution in [1.29, 1.82) is 0 Å². The molecule has 0 aliphatic rings. The molecule has 0 aliphatic carbocycles. The second kappa shape index (κ2) is 4.25. The molecule has 7 heteroatoms. The van der Waals surface area contributed by atoms with Crippen LogP contribution < -0.4 is 4.72 Å². The Bertz CT molecular complexity index is 598. The van der Waals surface area contributed by atoms with Gasteiger partial charge in [-0.3, -0.25) is 0 Å². The first kappa shape index (κ1) is 11.7. The summed E-state index contributed by atoms with van der Waals surface area (Å²) in [5.41, 5.74) is 0.838. The van der Waals surface area contributed by atoms with Crippen molar-refractivity contribution in [3.63, 3.8) is 0 Å². The van der Waals surface area contributed by atoms with Crippen molar-refractivity contribution >= 4 is 32.7 Å². The minimum Gasteiger partial charge on any atom is -0.241 e. The van der Waals surface area contributed by atoms with Gasteiger partial charge in [-0.15, -0.1) is 22.7 Å². The first-order valence-corrected chi connectivity index (χ1v) is 7.67. The van der Waals surface area contributed by atoms with E-state index >= 15 is 0 Å². The van der Waals surface area contributed by atoms with Gasteiger partial charge in [0.25, 0.3) is 0 Å². The molecular formula is C9H10N2O2S3. The maximum atomic E-state index is 11.5. The zero-order valence-electron chi connectivity index (χ0n) is 8.72. The number of aromatic nitrogens is 1. The van der Waals surface area contributed by atoms with Crippen LogP contribution in [0.4, 0.5) is 0 Å². The third kappa shape index (κ3) is 2.17. The number of sulfonamides is 1. The number of aryl methyl sites for hydroxylation is 1. The van der Waals surface area contributed by atoms with E-state index in [4.69, 9.17) is 0 Å². The summed E-state index contributed by atoms with van der Waals surface area (Å²) in [4.78, 5) is 5.19. The average molecular weight is 274 g/mol. The standard InChI is InChI=1S/C9H10N2O2S3/c1-6-11-7(5-14-6)8-3-4-9(15-8)16(12,13)10-2/h3-5,10H,1-2H3. The van der Waals surface area contributed by atoms with E-state index in [1.165, 1.54) is 18.4 Å². The van der Waals surface area contributed by atoms with Crippen molar-refractivity contribution in [2.24, 2.45) is 0 Å². The number of thiazole rings is 1. The lowest BCUT2D eigenvalue weighted by Gasteiger charge is -1.95. The number of rotatable bonds is 3. The molecule has 0 aliphatic heterocycles. The highest BCUT2D eigenvalue weighted by atomic mass is 32.2. The quantitative estimate of drug-likeness (QED) is 0.932. The van der Waals surface area contributed by atoms with E-state index in [0.717, 1.165) is 15.6 Å². The number of hydrogen-bond donors (Lipinski definition) is 1. The van der Waals surface area contributed by atoms with Crippen LogP contribution in [0.15, 0.2) is 21.7 Å². The molecule has 2 heterocycles. The highest BCUT2D eigenvalue weighted by Crippen LogP contribution is 2.30. The smallest absolute Gasteiger partial charge is 0.241 e. The molecule has 0 saturated heterocycles. The van der Waals surface area contributed by atoms with E-state index < -0.39 is 10.0 Å².